The van der Waals surface area contributed by atoms with Crippen LogP contribution >= 0.6 is 0 Å². The number of carbonyl (C=O) groups excluding carboxylic acids is 3. The number of rotatable bonds is 3. The summed E-state index contributed by atoms with van der Waals surface area (Å²) in [5.41, 5.74) is 4.47. The number of allylic oxidation sites excluding steroid dienone is 1. The molecule has 1 fully saturated rings. The number of aliphatic hydroxyl groups excluding tert-OH is 2. The summed E-state index contributed by atoms with van der Waals surface area (Å²) in [4.78, 5) is 45.8. The van der Waals surface area contributed by atoms with Gasteiger partial charge in [-0.1, -0.05) is 6.92 Å². The first-order chi connectivity index (χ1) is 18.8. The Kier molecular flexibility index (Phi) is 5.89. The topological polar surface area (TPSA) is 168 Å². The number of hydrogen-bond acceptors (Lipinski definition) is 10. The van der Waals surface area contributed by atoms with E-state index in [0.29, 0.717) is 17.9 Å². The van der Waals surface area contributed by atoms with E-state index in [4.69, 9.17) is 5.73 Å². The van der Waals surface area contributed by atoms with E-state index >= 15 is 0 Å². The van der Waals surface area contributed by atoms with Gasteiger partial charge in [0.2, 0.25) is 5.78 Å². The van der Waals surface area contributed by atoms with E-state index in [1.165, 1.54) is 0 Å². The number of phenolic OH excluding ortho intramolecular Hbond substituents is 1. The zero-order valence-electron chi connectivity index (χ0n) is 23.1. The van der Waals surface area contributed by atoms with Crippen molar-refractivity contribution in [3.8, 4) is 5.75 Å². The second-order valence-electron chi connectivity index (χ2n) is 12.2. The molecule has 0 saturated carbocycles. The number of phenols is 1. The molecule has 1 aromatic carbocycles. The maximum Gasteiger partial charge on any atom is 0.255 e. The van der Waals surface area contributed by atoms with Gasteiger partial charge in [0.05, 0.1) is 11.6 Å². The SMILES string of the molecule is CCN1CCC2CN(C)c3c(cc(O)c4c3C[C@@H]3C[C@@H]5[C@@H](N(C)C)C(O)=C(C(N)=O)C(=O)[C@@]5(O)C(O)=C3C4=O)C21. The molecule has 1 saturated heterocycles. The minimum Gasteiger partial charge on any atom is -0.510 e. The van der Waals surface area contributed by atoms with E-state index in [9.17, 15) is 34.8 Å². The molecule has 1 aromatic rings. The number of hydrogen-bond donors (Lipinski definition) is 5. The second-order valence-corrected chi connectivity index (χ2v) is 12.2. The fourth-order valence-corrected chi connectivity index (χ4v) is 8.38. The molecule has 0 aromatic heterocycles. The van der Waals surface area contributed by atoms with Gasteiger partial charge in [-0.25, -0.2) is 0 Å². The molecular weight excluding hydrogens is 516 g/mol. The predicted molar refractivity (Wildman–Crippen MR) is 145 cm³/mol. The molecule has 1 amide bonds. The van der Waals surface area contributed by atoms with Crippen LogP contribution in [0.1, 0.15) is 47.3 Å². The lowest BCUT2D eigenvalue weighted by Crippen LogP contribution is -2.63. The van der Waals surface area contributed by atoms with E-state index in [0.717, 1.165) is 37.3 Å². The van der Waals surface area contributed by atoms with Crippen LogP contribution in [0.3, 0.4) is 0 Å². The Morgan fingerprint density at radius 1 is 1.23 bits per heavy atom. The molecule has 2 unspecified atom stereocenters. The van der Waals surface area contributed by atoms with Gasteiger partial charge in [0.1, 0.15) is 22.8 Å². The zero-order chi connectivity index (χ0) is 29.0. The summed E-state index contributed by atoms with van der Waals surface area (Å²) in [7, 11) is 5.23. The molecule has 40 heavy (non-hydrogen) atoms. The summed E-state index contributed by atoms with van der Waals surface area (Å²) >= 11 is 0. The smallest absolute Gasteiger partial charge is 0.255 e. The standard InChI is InChI=1S/C29H36N4O7/c1-5-33-7-6-12-11-32(4)22-14-8-13-9-16-23(31(2)3)25(36)20(28(30)39)27(38)29(16,40)26(37)18(13)24(35)19(14)17(34)10-15(22)21(12)33/h10,12-13,16,21,23,34,36-37,40H,5-9,11H2,1-4H3,(H2,30,39)/t12?,13-,16-,21?,23-,29+/m1/s1. The number of Topliss-reactive ketones (excluding diaryl/α,β-unsaturated/α-hetero) is 2. The van der Waals surface area contributed by atoms with Gasteiger partial charge < -0.3 is 31.1 Å². The Morgan fingerprint density at radius 2 is 1.93 bits per heavy atom. The zero-order valence-corrected chi connectivity index (χ0v) is 23.1. The summed E-state index contributed by atoms with van der Waals surface area (Å²) < 4.78 is 0. The van der Waals surface area contributed by atoms with Gasteiger partial charge in [-0.3, -0.25) is 24.2 Å². The minimum atomic E-state index is -2.64. The molecule has 11 heteroatoms. The molecule has 6 rings (SSSR count). The number of likely N-dealkylation sites (N-methyl/N-ethyl adjacent to an activating group) is 1. The first kappa shape index (κ1) is 26.8. The summed E-state index contributed by atoms with van der Waals surface area (Å²) in [5.74, 6) is -5.96. The molecule has 0 radical (unpaired) electrons. The van der Waals surface area contributed by atoms with Crippen LogP contribution in [0.15, 0.2) is 28.7 Å². The van der Waals surface area contributed by atoms with E-state index in [1.54, 1.807) is 25.1 Å². The molecule has 3 aliphatic carbocycles. The number of anilines is 1. The molecule has 11 nitrogen and oxygen atoms in total. The molecule has 6 N–H and O–H groups in total. The number of amides is 1. The van der Waals surface area contributed by atoms with Gasteiger partial charge >= 0.3 is 0 Å². The van der Waals surface area contributed by atoms with Crippen molar-refractivity contribution in [3.05, 3.63) is 45.4 Å². The van der Waals surface area contributed by atoms with E-state index in [1.807, 2.05) is 7.05 Å². The maximum absolute atomic E-state index is 14.0. The molecule has 0 bridgehead atoms. The first-order valence-electron chi connectivity index (χ1n) is 13.8. The van der Waals surface area contributed by atoms with Crippen LogP contribution in [0.5, 0.6) is 5.75 Å². The molecular formula is C29H36N4O7. The number of carbonyl (C=O) groups is 3. The summed E-state index contributed by atoms with van der Waals surface area (Å²) in [5, 5.41) is 45.5. The summed E-state index contributed by atoms with van der Waals surface area (Å²) in [6.45, 7) is 4.76. The Bertz CT molecular complexity index is 1430. The predicted octanol–water partition coefficient (Wildman–Crippen LogP) is 0.953. The second kappa shape index (κ2) is 8.79. The largest absolute Gasteiger partial charge is 0.510 e. The van der Waals surface area contributed by atoms with Gasteiger partial charge in [0.15, 0.2) is 11.4 Å². The highest BCUT2D eigenvalue weighted by Gasteiger charge is 2.63. The number of nitrogens with two attached hydrogens (primary N) is 1. The van der Waals surface area contributed by atoms with Gasteiger partial charge in [0, 0.05) is 36.8 Å². The molecule has 5 aliphatic rings. The fourth-order valence-electron chi connectivity index (χ4n) is 8.38. The Morgan fingerprint density at radius 3 is 2.55 bits per heavy atom. The van der Waals surface area contributed by atoms with E-state index < -0.39 is 58.0 Å². The minimum absolute atomic E-state index is 0.0610. The third-order valence-corrected chi connectivity index (χ3v) is 9.97. The quantitative estimate of drug-likeness (QED) is 0.341. The van der Waals surface area contributed by atoms with Gasteiger partial charge in [-0.2, -0.15) is 0 Å². The van der Waals surface area contributed by atoms with Crippen LogP contribution in [0.25, 0.3) is 0 Å². The number of ketones is 2. The normalized spacial score (nSPS) is 33.5. The number of primary amides is 1. The number of nitrogens with zero attached hydrogens (tertiary/aromatic N) is 3. The lowest BCUT2D eigenvalue weighted by atomic mass is 9.58. The van der Waals surface area contributed by atoms with Crippen molar-refractivity contribution >= 4 is 23.2 Å². The van der Waals surface area contributed by atoms with Crippen LogP contribution < -0.4 is 10.6 Å². The average molecular weight is 553 g/mol. The highest BCUT2D eigenvalue weighted by Crippen LogP contribution is 2.56. The third kappa shape index (κ3) is 3.25. The lowest BCUT2D eigenvalue weighted by Gasteiger charge is -2.50. The lowest BCUT2D eigenvalue weighted by molar-refractivity contribution is -0.148. The summed E-state index contributed by atoms with van der Waals surface area (Å²) in [6, 6.07) is 0.780. The van der Waals surface area contributed by atoms with Crippen LogP contribution in [0.4, 0.5) is 5.69 Å². The fraction of sp³-hybridized carbons (Fsp3) is 0.552. The van der Waals surface area contributed by atoms with Gasteiger partial charge in [0.25, 0.3) is 5.91 Å². The van der Waals surface area contributed by atoms with E-state index in [2.05, 4.69) is 16.7 Å². The monoisotopic (exact) mass is 552 g/mol. The van der Waals surface area contributed by atoms with E-state index in [-0.39, 0.29) is 29.3 Å². The van der Waals surface area contributed by atoms with Crippen LogP contribution in [0.2, 0.25) is 0 Å². The van der Waals surface area contributed by atoms with Crippen LogP contribution in [-0.2, 0) is 16.0 Å². The van der Waals surface area contributed by atoms with Crippen molar-refractivity contribution in [2.75, 3.05) is 45.7 Å². The van der Waals surface area contributed by atoms with Gasteiger partial charge in [-0.05, 0) is 75.5 Å². The van der Waals surface area contributed by atoms with Crippen molar-refractivity contribution in [1.29, 1.82) is 0 Å². The van der Waals surface area contributed by atoms with Crippen molar-refractivity contribution in [2.45, 2.75) is 43.9 Å². The first-order valence-corrected chi connectivity index (χ1v) is 13.8. The number of aromatic hydroxyl groups is 1. The average Bonchev–Trinajstić information content (AvgIpc) is 3.28. The molecule has 2 heterocycles. The number of aliphatic hydroxyl groups is 3. The molecule has 2 aliphatic heterocycles. The Hall–Kier alpha value is -3.41. The Labute approximate surface area is 232 Å². The number of fused-ring (bicyclic) bond motifs is 7. The van der Waals surface area contributed by atoms with Crippen molar-refractivity contribution in [2.24, 2.45) is 23.5 Å². The number of benzene rings is 1. The molecule has 0 spiro atoms. The van der Waals surface area contributed by atoms with Crippen molar-refractivity contribution < 1.29 is 34.8 Å². The highest BCUT2D eigenvalue weighted by atomic mass is 16.3. The van der Waals surface area contributed by atoms with Crippen LogP contribution in [0, 0.1) is 17.8 Å². The van der Waals surface area contributed by atoms with Gasteiger partial charge in [-0.15, -0.1) is 0 Å². The molecule has 214 valence electrons. The van der Waals surface area contributed by atoms with Crippen molar-refractivity contribution in [3.63, 3.8) is 0 Å². The highest BCUT2D eigenvalue weighted by molar-refractivity contribution is 6.25. The van der Waals surface area contributed by atoms with Crippen LogP contribution in [-0.4, -0.2) is 100 Å². The summed E-state index contributed by atoms with van der Waals surface area (Å²) in [6.07, 6.45) is 1.42. The third-order valence-electron chi connectivity index (χ3n) is 9.97. The Balaban J connectivity index is 1.54. The number of likely N-dealkylation sites (tertiary alicyclic amines) is 1. The van der Waals surface area contributed by atoms with Crippen molar-refractivity contribution in [1.82, 2.24) is 9.80 Å². The molecule has 6 atom stereocenters. The maximum atomic E-state index is 14.0.